The number of hydrogen-bond acceptors (Lipinski definition) is 9. The van der Waals surface area contributed by atoms with Crippen molar-refractivity contribution in [2.24, 2.45) is 0 Å². The topological polar surface area (TPSA) is 169 Å². The zero-order chi connectivity index (χ0) is 17.5. The van der Waals surface area contributed by atoms with Crippen molar-refractivity contribution in [1.82, 2.24) is 24.8 Å². The zero-order valence-corrected chi connectivity index (χ0v) is 12.8. The van der Waals surface area contributed by atoms with Crippen LogP contribution in [0.4, 0.5) is 5.82 Å². The number of nitrogens with two attached hydrogens (primary N) is 1. The highest BCUT2D eigenvalue weighted by Crippen LogP contribution is 2.38. The van der Waals surface area contributed by atoms with E-state index in [2.05, 4.69) is 20.3 Å². The van der Waals surface area contributed by atoms with Gasteiger partial charge in [-0.1, -0.05) is 0 Å². The van der Waals surface area contributed by atoms with Gasteiger partial charge in [0.2, 0.25) is 0 Å². The number of carbonyl (C=O) groups excluding carboxylic acids is 1. The lowest BCUT2D eigenvalue weighted by molar-refractivity contribution is -0.176. The van der Waals surface area contributed by atoms with Crippen LogP contribution in [0.25, 0.3) is 11.2 Å². The van der Waals surface area contributed by atoms with Gasteiger partial charge in [-0.25, -0.2) is 15.0 Å². The molecule has 2 aromatic heterocycles. The summed E-state index contributed by atoms with van der Waals surface area (Å²) in [4.78, 5) is 24.6. The summed E-state index contributed by atoms with van der Waals surface area (Å²) >= 11 is 0. The fourth-order valence-electron chi connectivity index (χ4n) is 2.83. The Morgan fingerprint density at radius 2 is 2.21 bits per heavy atom. The molecule has 1 aliphatic heterocycles. The van der Waals surface area contributed by atoms with Crippen LogP contribution >= 0.6 is 0 Å². The van der Waals surface area contributed by atoms with Crippen LogP contribution in [-0.2, 0) is 15.3 Å². The molecule has 0 radical (unpaired) electrons. The monoisotopic (exact) mass is 338 g/mol. The molecule has 11 nitrogen and oxygen atoms in total. The van der Waals surface area contributed by atoms with Crippen molar-refractivity contribution >= 4 is 22.9 Å². The van der Waals surface area contributed by atoms with E-state index in [1.165, 1.54) is 17.2 Å². The molecule has 6 N–H and O–H groups in total. The minimum atomic E-state index is -2.04. The Morgan fingerprint density at radius 1 is 1.46 bits per heavy atom. The maximum absolute atomic E-state index is 12.7. The number of fused-ring (bicyclic) bond motifs is 1. The molecule has 0 aromatic carbocycles. The fourth-order valence-corrected chi connectivity index (χ4v) is 2.83. The van der Waals surface area contributed by atoms with Gasteiger partial charge in [0.15, 0.2) is 11.5 Å². The van der Waals surface area contributed by atoms with Crippen LogP contribution in [0.1, 0.15) is 6.92 Å². The van der Waals surface area contributed by atoms with Gasteiger partial charge < -0.3 is 31.1 Å². The lowest BCUT2D eigenvalue weighted by Crippen LogP contribution is -2.56. The number of nitrogen functional groups attached to an aromatic ring is 1. The van der Waals surface area contributed by atoms with Crippen molar-refractivity contribution in [2.45, 2.75) is 31.0 Å². The van der Waals surface area contributed by atoms with Gasteiger partial charge >= 0.3 is 0 Å². The van der Waals surface area contributed by atoms with Crippen molar-refractivity contribution in [3.05, 3.63) is 12.7 Å². The maximum atomic E-state index is 12.7. The van der Waals surface area contributed by atoms with E-state index in [1.807, 2.05) is 0 Å². The number of rotatable bonds is 4. The van der Waals surface area contributed by atoms with E-state index in [0.29, 0.717) is 0 Å². The zero-order valence-electron chi connectivity index (χ0n) is 12.8. The molecule has 0 saturated carbocycles. The summed E-state index contributed by atoms with van der Waals surface area (Å²) < 4.78 is 6.78. The molecule has 4 atom stereocenters. The van der Waals surface area contributed by atoms with Gasteiger partial charge in [-0.15, -0.1) is 0 Å². The molecule has 0 aliphatic carbocycles. The van der Waals surface area contributed by atoms with Crippen LogP contribution in [0.3, 0.4) is 0 Å². The van der Waals surface area contributed by atoms with Crippen molar-refractivity contribution in [3.8, 4) is 0 Å². The number of nitrogens with zero attached hydrogens (tertiary/aromatic N) is 4. The number of amides is 1. The lowest BCUT2D eigenvalue weighted by Gasteiger charge is -2.31. The number of likely N-dealkylation sites (N-methyl/N-ethyl adjacent to an activating group) is 1. The summed E-state index contributed by atoms with van der Waals surface area (Å²) in [5.41, 5.74) is 4.07. The average molecular weight is 338 g/mol. The predicted octanol–water partition coefficient (Wildman–Crippen LogP) is -2.69. The highest BCUT2D eigenvalue weighted by Gasteiger charge is 2.60. The molecule has 1 aliphatic rings. The fraction of sp³-hybridized carbons (Fsp3) is 0.538. The van der Waals surface area contributed by atoms with E-state index in [4.69, 9.17) is 10.5 Å². The number of aliphatic hydroxyl groups excluding tert-OH is 3. The normalized spacial score (nSPS) is 29.9. The van der Waals surface area contributed by atoms with Gasteiger partial charge in [0, 0.05) is 6.54 Å². The molecule has 24 heavy (non-hydrogen) atoms. The van der Waals surface area contributed by atoms with E-state index in [0.717, 1.165) is 0 Å². The van der Waals surface area contributed by atoms with Crippen molar-refractivity contribution in [3.63, 3.8) is 0 Å². The first-order valence-corrected chi connectivity index (χ1v) is 7.34. The van der Waals surface area contributed by atoms with E-state index in [-0.39, 0.29) is 23.5 Å². The van der Waals surface area contributed by atoms with Crippen molar-refractivity contribution < 1.29 is 24.9 Å². The Hall–Kier alpha value is -2.34. The van der Waals surface area contributed by atoms with Gasteiger partial charge in [0.25, 0.3) is 11.6 Å². The molecule has 3 heterocycles. The first kappa shape index (κ1) is 16.5. The molecule has 3 rings (SSSR count). The second-order valence-corrected chi connectivity index (χ2v) is 5.38. The Labute approximate surface area is 136 Å². The minimum absolute atomic E-state index is 0.0940. The number of nitrogens with one attached hydrogen (secondary N) is 1. The van der Waals surface area contributed by atoms with Crippen LogP contribution in [0.5, 0.6) is 0 Å². The van der Waals surface area contributed by atoms with Gasteiger partial charge in [0.05, 0.1) is 6.61 Å². The Morgan fingerprint density at radius 3 is 2.83 bits per heavy atom. The van der Waals surface area contributed by atoms with Crippen LogP contribution < -0.4 is 11.1 Å². The summed E-state index contributed by atoms with van der Waals surface area (Å²) in [5, 5.41) is 32.6. The first-order chi connectivity index (χ1) is 11.5. The Kier molecular flexibility index (Phi) is 4.09. The second-order valence-electron chi connectivity index (χ2n) is 5.38. The van der Waals surface area contributed by atoms with E-state index in [9.17, 15) is 20.1 Å². The summed E-state index contributed by atoms with van der Waals surface area (Å²) in [7, 11) is 0. The molecule has 0 spiro atoms. The number of carbonyl (C=O) groups is 1. The van der Waals surface area contributed by atoms with Crippen LogP contribution in [0.15, 0.2) is 12.7 Å². The Bertz CT molecular complexity index is 766. The molecule has 0 unspecified atom stereocenters. The number of hydrogen-bond donors (Lipinski definition) is 5. The highest BCUT2D eigenvalue weighted by molar-refractivity contribution is 5.88. The molecule has 130 valence electrons. The van der Waals surface area contributed by atoms with Crippen LogP contribution in [-0.4, -0.2) is 72.2 Å². The number of aliphatic hydroxyl groups is 3. The third kappa shape index (κ3) is 2.13. The molecule has 1 saturated heterocycles. The second kappa shape index (κ2) is 5.94. The number of ether oxygens (including phenoxy) is 1. The number of imidazole rings is 1. The first-order valence-electron chi connectivity index (χ1n) is 7.34. The molecule has 1 amide bonds. The van der Waals surface area contributed by atoms with Crippen molar-refractivity contribution in [1.29, 1.82) is 0 Å². The van der Waals surface area contributed by atoms with E-state index < -0.39 is 36.6 Å². The van der Waals surface area contributed by atoms with E-state index >= 15 is 0 Å². The van der Waals surface area contributed by atoms with Gasteiger partial charge in [0.1, 0.15) is 36.5 Å². The third-order valence-corrected chi connectivity index (χ3v) is 4.00. The van der Waals surface area contributed by atoms with Gasteiger partial charge in [-0.2, -0.15) is 0 Å². The molecular formula is C13H18N6O5. The third-order valence-electron chi connectivity index (χ3n) is 4.00. The van der Waals surface area contributed by atoms with Crippen molar-refractivity contribution in [2.75, 3.05) is 18.9 Å². The molecule has 0 bridgehead atoms. The molecular weight excluding hydrogens is 320 g/mol. The highest BCUT2D eigenvalue weighted by atomic mass is 16.6. The average Bonchev–Trinajstić information content (AvgIpc) is 3.10. The summed E-state index contributed by atoms with van der Waals surface area (Å²) in [6.07, 6.45) is -1.88. The smallest absolute Gasteiger partial charge is 0.276 e. The summed E-state index contributed by atoms with van der Waals surface area (Å²) in [6.45, 7) is 1.38. The summed E-state index contributed by atoms with van der Waals surface area (Å²) in [6, 6.07) is 0. The Balaban J connectivity index is 2.22. The van der Waals surface area contributed by atoms with Gasteiger partial charge in [-0.3, -0.25) is 9.36 Å². The van der Waals surface area contributed by atoms with Crippen LogP contribution in [0, 0.1) is 0 Å². The largest absolute Gasteiger partial charge is 0.394 e. The minimum Gasteiger partial charge on any atom is -0.394 e. The number of aromatic nitrogens is 4. The SMILES string of the molecule is CCNC(=O)[C@@]1(n2cnc3c(N)ncnc32)O[C@H](CO)[C@@H](O)[C@H]1O. The molecule has 2 aromatic rings. The molecule has 11 heteroatoms. The van der Waals surface area contributed by atoms with E-state index in [1.54, 1.807) is 6.92 Å². The van der Waals surface area contributed by atoms with Gasteiger partial charge in [-0.05, 0) is 6.92 Å². The summed E-state index contributed by atoms with van der Waals surface area (Å²) in [5.74, 6) is -0.611. The number of anilines is 1. The quantitative estimate of drug-likeness (QED) is 0.398. The molecule has 1 fully saturated rings. The maximum Gasteiger partial charge on any atom is 0.276 e. The predicted molar refractivity (Wildman–Crippen MR) is 80.4 cm³/mol. The lowest BCUT2D eigenvalue weighted by atomic mass is 10.0. The standard InChI is InChI=1S/C13H18N6O5/c1-2-15-12(23)13(9(22)8(21)6(3-20)24-13)19-5-18-7-10(14)16-4-17-11(7)19/h4-6,8-9,20-22H,2-3H2,1H3,(H,15,23)(H2,14,16,17)/t6-,8-,9-,13+/m1/s1. The van der Waals surface area contributed by atoms with Crippen LogP contribution in [0.2, 0.25) is 0 Å².